The van der Waals surface area contributed by atoms with Crippen LogP contribution in [0.15, 0.2) is 12.1 Å². The van der Waals surface area contributed by atoms with Crippen LogP contribution >= 0.6 is 11.6 Å². The fraction of sp³-hybridized carbons (Fsp3) is 0.643. The predicted molar refractivity (Wildman–Crippen MR) is 74.3 cm³/mol. The summed E-state index contributed by atoms with van der Waals surface area (Å²) in [7, 11) is 2.17. The summed E-state index contributed by atoms with van der Waals surface area (Å²) in [6.45, 7) is 3.87. The van der Waals surface area contributed by atoms with E-state index in [0.717, 1.165) is 17.9 Å². The number of piperidine rings is 1. The van der Waals surface area contributed by atoms with Gasteiger partial charge >= 0.3 is 0 Å². The topological polar surface area (TPSA) is 25.4 Å². The lowest BCUT2D eigenvalue weighted by Gasteiger charge is -2.31. The van der Waals surface area contributed by atoms with E-state index in [9.17, 15) is 0 Å². The molecule has 0 saturated carbocycles. The van der Waals surface area contributed by atoms with Gasteiger partial charge in [0.05, 0.1) is 0 Å². The molecule has 1 aromatic heterocycles. The van der Waals surface area contributed by atoms with E-state index in [4.69, 9.17) is 16.3 Å². The van der Waals surface area contributed by atoms with Gasteiger partial charge in [0.25, 0.3) is 0 Å². The van der Waals surface area contributed by atoms with E-state index < -0.39 is 0 Å². The average Bonchev–Trinajstić information content (AvgIpc) is 2.38. The summed E-state index contributed by atoms with van der Waals surface area (Å²) in [4.78, 5) is 6.81. The summed E-state index contributed by atoms with van der Waals surface area (Å²) in [5, 5.41) is 0. The Kier molecular flexibility index (Phi) is 4.84. The van der Waals surface area contributed by atoms with Gasteiger partial charge < -0.3 is 9.64 Å². The maximum absolute atomic E-state index is 5.81. The number of aromatic nitrogens is 1. The summed E-state index contributed by atoms with van der Waals surface area (Å²) < 4.78 is 5.80. The molecule has 18 heavy (non-hydrogen) atoms. The second-order valence-corrected chi connectivity index (χ2v) is 5.24. The van der Waals surface area contributed by atoms with Crippen molar-refractivity contribution in [3.05, 3.63) is 23.4 Å². The number of ether oxygens (including phenoxy) is 1. The highest BCUT2D eigenvalue weighted by Crippen LogP contribution is 2.18. The number of hydrogen-bond acceptors (Lipinski definition) is 3. The molecule has 0 aromatic carbocycles. The smallest absolute Gasteiger partial charge is 0.213 e. The van der Waals surface area contributed by atoms with Gasteiger partial charge in [-0.1, -0.05) is 12.5 Å². The minimum absolute atomic E-state index is 0.504. The van der Waals surface area contributed by atoms with E-state index in [1.165, 1.54) is 25.8 Å². The molecule has 4 heteroatoms. The SMILES string of the molecule is Cc1nc(OCC2CCCCN2C)ccc1CCl. The van der Waals surface area contributed by atoms with Crippen molar-refractivity contribution in [2.24, 2.45) is 0 Å². The molecule has 0 spiro atoms. The molecular formula is C14H21ClN2O. The van der Waals surface area contributed by atoms with Crippen LogP contribution in [0.5, 0.6) is 5.88 Å². The largest absolute Gasteiger partial charge is 0.476 e. The highest BCUT2D eigenvalue weighted by Gasteiger charge is 2.19. The second-order valence-electron chi connectivity index (χ2n) is 4.97. The molecule has 1 saturated heterocycles. The van der Waals surface area contributed by atoms with Gasteiger partial charge in [-0.05, 0) is 38.9 Å². The zero-order valence-electron chi connectivity index (χ0n) is 11.2. The van der Waals surface area contributed by atoms with Gasteiger partial charge in [-0.15, -0.1) is 11.6 Å². The number of likely N-dealkylation sites (tertiary alicyclic amines) is 1. The summed E-state index contributed by atoms with van der Waals surface area (Å²) in [6.07, 6.45) is 3.82. The van der Waals surface area contributed by atoms with Crippen molar-refractivity contribution in [2.75, 3.05) is 20.2 Å². The summed E-state index contributed by atoms with van der Waals surface area (Å²) >= 11 is 5.81. The van der Waals surface area contributed by atoms with Crippen LogP contribution in [0.3, 0.4) is 0 Å². The molecule has 3 nitrogen and oxygen atoms in total. The molecule has 0 N–H and O–H groups in total. The van der Waals surface area contributed by atoms with Crippen LogP contribution in [0.2, 0.25) is 0 Å². The Labute approximate surface area is 114 Å². The normalized spacial score (nSPS) is 20.9. The van der Waals surface area contributed by atoms with Crippen molar-refractivity contribution >= 4 is 11.6 Å². The zero-order chi connectivity index (χ0) is 13.0. The molecule has 1 aliphatic rings. The molecule has 2 heterocycles. The number of hydrogen-bond donors (Lipinski definition) is 0. The number of rotatable bonds is 4. The van der Waals surface area contributed by atoms with Crippen LogP contribution in [0, 0.1) is 6.92 Å². The lowest BCUT2D eigenvalue weighted by molar-refractivity contribution is 0.122. The summed E-state index contributed by atoms with van der Waals surface area (Å²) in [5.74, 6) is 1.21. The van der Waals surface area contributed by atoms with E-state index in [-0.39, 0.29) is 0 Å². The van der Waals surface area contributed by atoms with Gasteiger partial charge in [-0.25, -0.2) is 4.98 Å². The molecular weight excluding hydrogens is 248 g/mol. The number of alkyl halides is 1. The molecule has 0 bridgehead atoms. The Morgan fingerprint density at radius 1 is 1.44 bits per heavy atom. The second kappa shape index (κ2) is 6.39. The Bertz CT molecular complexity index is 397. The van der Waals surface area contributed by atoms with Crippen molar-refractivity contribution in [3.8, 4) is 5.88 Å². The van der Waals surface area contributed by atoms with E-state index in [1.807, 2.05) is 19.1 Å². The van der Waals surface area contributed by atoms with Gasteiger partial charge in [0.15, 0.2) is 0 Å². The summed E-state index contributed by atoms with van der Waals surface area (Å²) in [5.41, 5.74) is 2.03. The van der Waals surface area contributed by atoms with Gasteiger partial charge in [-0.2, -0.15) is 0 Å². The first kappa shape index (κ1) is 13.6. The molecule has 2 rings (SSSR count). The van der Waals surface area contributed by atoms with Crippen molar-refractivity contribution < 1.29 is 4.74 Å². The monoisotopic (exact) mass is 268 g/mol. The molecule has 1 aromatic rings. The quantitative estimate of drug-likeness (QED) is 0.785. The lowest BCUT2D eigenvalue weighted by Crippen LogP contribution is -2.40. The first-order valence-corrected chi connectivity index (χ1v) is 7.09. The van der Waals surface area contributed by atoms with E-state index in [1.54, 1.807) is 0 Å². The molecule has 1 aliphatic heterocycles. The maximum atomic E-state index is 5.81. The standard InChI is InChI=1S/C14H21ClN2O/c1-11-12(9-15)6-7-14(16-11)18-10-13-5-3-4-8-17(13)2/h6-7,13H,3-5,8-10H2,1-2H3. The zero-order valence-corrected chi connectivity index (χ0v) is 11.9. The van der Waals surface area contributed by atoms with E-state index >= 15 is 0 Å². The van der Waals surface area contributed by atoms with Crippen LogP contribution in [0.4, 0.5) is 0 Å². The molecule has 1 fully saturated rings. The number of nitrogens with zero attached hydrogens (tertiary/aromatic N) is 2. The van der Waals surface area contributed by atoms with Crippen molar-refractivity contribution in [1.29, 1.82) is 0 Å². The minimum atomic E-state index is 0.504. The number of aryl methyl sites for hydroxylation is 1. The fourth-order valence-electron chi connectivity index (χ4n) is 2.32. The van der Waals surface area contributed by atoms with Crippen molar-refractivity contribution in [1.82, 2.24) is 9.88 Å². The first-order valence-electron chi connectivity index (χ1n) is 6.56. The molecule has 0 radical (unpaired) electrons. The van der Waals surface area contributed by atoms with E-state index in [2.05, 4.69) is 16.9 Å². The minimum Gasteiger partial charge on any atom is -0.476 e. The fourth-order valence-corrected chi connectivity index (χ4v) is 2.61. The molecule has 1 unspecified atom stereocenters. The first-order chi connectivity index (χ1) is 8.70. The maximum Gasteiger partial charge on any atom is 0.213 e. The Morgan fingerprint density at radius 2 is 2.28 bits per heavy atom. The third-order valence-electron chi connectivity index (χ3n) is 3.66. The predicted octanol–water partition coefficient (Wildman–Crippen LogP) is 2.99. The van der Waals surface area contributed by atoms with Crippen LogP contribution in [-0.2, 0) is 5.88 Å². The van der Waals surface area contributed by atoms with Gasteiger partial charge in [0, 0.05) is 23.7 Å². The van der Waals surface area contributed by atoms with Crippen LogP contribution < -0.4 is 4.74 Å². The lowest BCUT2D eigenvalue weighted by atomic mass is 10.0. The van der Waals surface area contributed by atoms with Gasteiger partial charge in [0.2, 0.25) is 5.88 Å². The van der Waals surface area contributed by atoms with Crippen molar-refractivity contribution in [2.45, 2.75) is 38.1 Å². The third kappa shape index (κ3) is 3.36. The average molecular weight is 269 g/mol. The Morgan fingerprint density at radius 3 is 2.94 bits per heavy atom. The molecule has 1 atom stereocenters. The number of pyridine rings is 1. The van der Waals surface area contributed by atoms with E-state index in [0.29, 0.717) is 17.8 Å². The van der Waals surface area contributed by atoms with Crippen LogP contribution in [0.25, 0.3) is 0 Å². The third-order valence-corrected chi connectivity index (χ3v) is 3.95. The van der Waals surface area contributed by atoms with Gasteiger partial charge in [0.1, 0.15) is 6.61 Å². The molecule has 100 valence electrons. The summed E-state index contributed by atoms with van der Waals surface area (Å²) in [6, 6.07) is 4.43. The van der Waals surface area contributed by atoms with Crippen molar-refractivity contribution in [3.63, 3.8) is 0 Å². The highest BCUT2D eigenvalue weighted by molar-refractivity contribution is 6.17. The van der Waals surface area contributed by atoms with Gasteiger partial charge in [-0.3, -0.25) is 0 Å². The molecule has 0 aliphatic carbocycles. The number of likely N-dealkylation sites (N-methyl/N-ethyl adjacent to an activating group) is 1. The highest BCUT2D eigenvalue weighted by atomic mass is 35.5. The van der Waals surface area contributed by atoms with Crippen LogP contribution in [-0.4, -0.2) is 36.1 Å². The molecule has 0 amide bonds. The Balaban J connectivity index is 1.91. The Hall–Kier alpha value is -0.800. The van der Waals surface area contributed by atoms with Crippen LogP contribution in [0.1, 0.15) is 30.5 Å². The number of halogens is 1.